The second-order valence-electron chi connectivity index (χ2n) is 6.79. The van der Waals surface area contributed by atoms with Gasteiger partial charge in [0, 0.05) is 11.4 Å². The number of thiophene rings is 1. The van der Waals surface area contributed by atoms with E-state index in [9.17, 15) is 14.7 Å². The molecule has 0 spiro atoms. The van der Waals surface area contributed by atoms with Gasteiger partial charge in [-0.3, -0.25) is 4.79 Å². The second kappa shape index (κ2) is 7.82. The minimum Gasteiger partial charge on any atom is -0.504 e. The molecule has 0 saturated carbocycles. The third-order valence-corrected chi connectivity index (χ3v) is 6.13. The largest absolute Gasteiger partial charge is 0.504 e. The summed E-state index contributed by atoms with van der Waals surface area (Å²) < 4.78 is 10.5. The number of phenols is 1. The van der Waals surface area contributed by atoms with Crippen LogP contribution in [0.3, 0.4) is 0 Å². The van der Waals surface area contributed by atoms with Crippen LogP contribution in [0.4, 0.5) is 9.80 Å². The van der Waals surface area contributed by atoms with E-state index < -0.39 is 6.17 Å². The predicted octanol–water partition coefficient (Wildman–Crippen LogP) is 3.22. The quantitative estimate of drug-likeness (QED) is 0.706. The van der Waals surface area contributed by atoms with Gasteiger partial charge in [0.1, 0.15) is 11.2 Å². The Bertz CT molecular complexity index is 958. The molecule has 0 aliphatic carbocycles. The maximum Gasteiger partial charge on any atom is 0.410 e. The first-order valence-electron chi connectivity index (χ1n) is 9.61. The Kier molecular flexibility index (Phi) is 5.23. The number of hydrogen-bond donors (Lipinski definition) is 3. The van der Waals surface area contributed by atoms with Crippen LogP contribution in [0.15, 0.2) is 18.2 Å². The van der Waals surface area contributed by atoms with Gasteiger partial charge < -0.3 is 30.1 Å². The number of phenolic OH excluding ortho intramolecular Hbond substituents is 1. The number of carbonyl (C=O) groups is 2. The smallest absolute Gasteiger partial charge is 0.410 e. The summed E-state index contributed by atoms with van der Waals surface area (Å²) in [5.74, 6) is 0.295. The average Bonchev–Trinajstić information content (AvgIpc) is 3.08. The molecule has 1 aromatic heterocycles. The SMILES string of the molecule is CCOC(=O)N1CCc2c(sc3c2C(=O)NC(c2ccc(O)c(OCC)c2)N3)C1. The lowest BCUT2D eigenvalue weighted by molar-refractivity contribution is 0.0934. The molecule has 29 heavy (non-hydrogen) atoms. The van der Waals surface area contributed by atoms with Crippen LogP contribution < -0.4 is 15.4 Å². The van der Waals surface area contributed by atoms with Gasteiger partial charge in [-0.2, -0.15) is 0 Å². The Hall–Kier alpha value is -2.94. The zero-order valence-electron chi connectivity index (χ0n) is 16.3. The van der Waals surface area contributed by atoms with Crippen LogP contribution in [0.25, 0.3) is 0 Å². The number of fused-ring (bicyclic) bond motifs is 3. The fourth-order valence-electron chi connectivity index (χ4n) is 3.63. The van der Waals surface area contributed by atoms with E-state index >= 15 is 0 Å². The summed E-state index contributed by atoms with van der Waals surface area (Å²) in [6.45, 7) is 5.37. The maximum atomic E-state index is 12.9. The highest BCUT2D eigenvalue weighted by atomic mass is 32.1. The van der Waals surface area contributed by atoms with Gasteiger partial charge in [-0.15, -0.1) is 11.3 Å². The number of aromatic hydroxyl groups is 1. The number of nitrogens with one attached hydrogen (secondary N) is 2. The molecule has 0 saturated heterocycles. The summed E-state index contributed by atoms with van der Waals surface area (Å²) in [5.41, 5.74) is 2.44. The first-order valence-corrected chi connectivity index (χ1v) is 10.4. The number of carbonyl (C=O) groups excluding carboxylic acids is 2. The number of rotatable bonds is 4. The van der Waals surface area contributed by atoms with Crippen LogP contribution in [-0.2, 0) is 17.7 Å². The molecule has 9 heteroatoms. The normalized spacial score (nSPS) is 17.7. The molecule has 8 nitrogen and oxygen atoms in total. The first-order chi connectivity index (χ1) is 14.0. The van der Waals surface area contributed by atoms with Crippen LogP contribution in [-0.4, -0.2) is 41.8 Å². The summed E-state index contributed by atoms with van der Waals surface area (Å²) in [6, 6.07) is 5.02. The van der Waals surface area contributed by atoms with E-state index in [2.05, 4.69) is 10.6 Å². The van der Waals surface area contributed by atoms with Crippen molar-refractivity contribution in [2.45, 2.75) is 33.0 Å². The van der Waals surface area contributed by atoms with Gasteiger partial charge >= 0.3 is 6.09 Å². The van der Waals surface area contributed by atoms with Crippen molar-refractivity contribution in [1.82, 2.24) is 10.2 Å². The topological polar surface area (TPSA) is 100 Å². The molecule has 2 amide bonds. The van der Waals surface area contributed by atoms with Crippen molar-refractivity contribution in [2.24, 2.45) is 0 Å². The number of anilines is 1. The number of nitrogens with zero attached hydrogens (tertiary/aromatic N) is 1. The summed E-state index contributed by atoms with van der Waals surface area (Å²) in [6.07, 6.45) is -0.142. The zero-order valence-corrected chi connectivity index (χ0v) is 17.1. The molecule has 1 unspecified atom stereocenters. The van der Waals surface area contributed by atoms with Crippen molar-refractivity contribution in [3.63, 3.8) is 0 Å². The molecule has 154 valence electrons. The van der Waals surface area contributed by atoms with Gasteiger partial charge in [0.25, 0.3) is 5.91 Å². The number of amides is 2. The highest BCUT2D eigenvalue weighted by Gasteiger charge is 2.34. The molecule has 0 bridgehead atoms. The standard InChI is InChI=1S/C20H23N3O5S/c1-3-27-14-9-11(5-6-13(14)24)17-21-18(25)16-12-7-8-23(20(26)28-4-2)10-15(12)29-19(16)22-17/h5-6,9,17,22,24H,3-4,7-8,10H2,1-2H3,(H,21,25). The number of hydrogen-bond acceptors (Lipinski definition) is 7. The van der Waals surface area contributed by atoms with Crippen molar-refractivity contribution >= 4 is 28.3 Å². The molecular weight excluding hydrogens is 394 g/mol. The lowest BCUT2D eigenvalue weighted by Crippen LogP contribution is -2.39. The van der Waals surface area contributed by atoms with E-state index in [0.29, 0.717) is 44.0 Å². The zero-order chi connectivity index (χ0) is 20.5. The second-order valence-corrected chi connectivity index (χ2v) is 7.89. The third kappa shape index (κ3) is 3.57. The van der Waals surface area contributed by atoms with E-state index in [-0.39, 0.29) is 17.7 Å². The van der Waals surface area contributed by atoms with Crippen LogP contribution >= 0.6 is 11.3 Å². The van der Waals surface area contributed by atoms with Gasteiger partial charge in [0.2, 0.25) is 0 Å². The Morgan fingerprint density at radius 3 is 2.90 bits per heavy atom. The monoisotopic (exact) mass is 417 g/mol. The Balaban J connectivity index is 1.59. The number of ether oxygens (including phenoxy) is 2. The molecule has 1 aromatic carbocycles. The highest BCUT2D eigenvalue weighted by Crippen LogP contribution is 2.41. The predicted molar refractivity (Wildman–Crippen MR) is 109 cm³/mol. The maximum absolute atomic E-state index is 12.9. The van der Waals surface area contributed by atoms with Crippen LogP contribution in [0.2, 0.25) is 0 Å². The molecule has 3 N–H and O–H groups in total. The van der Waals surface area contributed by atoms with E-state index in [1.807, 2.05) is 6.92 Å². The van der Waals surface area contributed by atoms with Crippen molar-refractivity contribution in [3.8, 4) is 11.5 Å². The van der Waals surface area contributed by atoms with Crippen molar-refractivity contribution in [1.29, 1.82) is 0 Å². The van der Waals surface area contributed by atoms with E-state index in [0.717, 1.165) is 21.0 Å². The van der Waals surface area contributed by atoms with Crippen LogP contribution in [0, 0.1) is 0 Å². The van der Waals surface area contributed by atoms with Gasteiger partial charge in [-0.1, -0.05) is 6.07 Å². The van der Waals surface area contributed by atoms with E-state index in [1.165, 1.54) is 11.3 Å². The molecule has 0 fully saturated rings. The van der Waals surface area contributed by atoms with E-state index in [4.69, 9.17) is 9.47 Å². The van der Waals surface area contributed by atoms with Crippen molar-refractivity contribution in [3.05, 3.63) is 39.8 Å². The average molecular weight is 417 g/mol. The molecule has 4 rings (SSSR count). The summed E-state index contributed by atoms with van der Waals surface area (Å²) in [4.78, 5) is 27.6. The fourth-order valence-corrected chi connectivity index (χ4v) is 4.92. The van der Waals surface area contributed by atoms with Crippen molar-refractivity contribution in [2.75, 3.05) is 25.1 Å². The first kappa shape index (κ1) is 19.4. The number of benzene rings is 1. The molecule has 0 radical (unpaired) electrons. The molecule has 2 aliphatic heterocycles. The summed E-state index contributed by atoms with van der Waals surface area (Å²) >= 11 is 1.49. The van der Waals surface area contributed by atoms with Gasteiger partial charge in [-0.25, -0.2) is 4.79 Å². The lowest BCUT2D eigenvalue weighted by atomic mass is 10.0. The molecular formula is C20H23N3O5S. The Morgan fingerprint density at radius 1 is 1.31 bits per heavy atom. The summed E-state index contributed by atoms with van der Waals surface area (Å²) in [5, 5.41) is 17.1. The third-order valence-electron chi connectivity index (χ3n) is 4.98. The molecule has 3 heterocycles. The summed E-state index contributed by atoms with van der Waals surface area (Å²) in [7, 11) is 0. The Morgan fingerprint density at radius 2 is 2.14 bits per heavy atom. The van der Waals surface area contributed by atoms with E-state index in [1.54, 1.807) is 30.0 Å². The highest BCUT2D eigenvalue weighted by molar-refractivity contribution is 7.16. The van der Waals surface area contributed by atoms with Crippen LogP contribution in [0.1, 0.15) is 46.4 Å². The lowest BCUT2D eigenvalue weighted by Gasteiger charge is -2.28. The Labute approximate surface area is 172 Å². The van der Waals surface area contributed by atoms with Crippen LogP contribution in [0.5, 0.6) is 11.5 Å². The minimum absolute atomic E-state index is 0.0593. The molecule has 2 aliphatic rings. The van der Waals surface area contributed by atoms with Gasteiger partial charge in [0.05, 0.1) is 25.3 Å². The molecule has 2 aromatic rings. The van der Waals surface area contributed by atoms with Gasteiger partial charge in [0.15, 0.2) is 11.5 Å². The molecule has 1 atom stereocenters. The van der Waals surface area contributed by atoms with Gasteiger partial charge in [-0.05, 0) is 43.5 Å². The van der Waals surface area contributed by atoms with Crippen molar-refractivity contribution < 1.29 is 24.2 Å². The fraction of sp³-hybridized carbons (Fsp3) is 0.400. The minimum atomic E-state index is -0.434.